The maximum Gasteiger partial charge on any atom is 0.303 e. The van der Waals surface area contributed by atoms with Crippen molar-refractivity contribution in [3.05, 3.63) is 12.2 Å². The largest absolute Gasteiger partial charge is 0.481 e. The van der Waals surface area contributed by atoms with Crippen molar-refractivity contribution in [2.75, 3.05) is 13.9 Å². The van der Waals surface area contributed by atoms with Crippen LogP contribution in [0.25, 0.3) is 0 Å². The van der Waals surface area contributed by atoms with Crippen molar-refractivity contribution < 1.29 is 28.8 Å². The number of carboxylic acid groups (broad SMARTS) is 1. The molecule has 29 heavy (non-hydrogen) atoms. The first kappa shape index (κ1) is 26.1. The second kappa shape index (κ2) is 14.9. The summed E-state index contributed by atoms with van der Waals surface area (Å²) in [5.74, 6) is -1.26. The topological polar surface area (TPSA) is 74.2 Å². The molecule has 6 heteroatoms. The summed E-state index contributed by atoms with van der Waals surface area (Å²) in [5, 5.41) is 8.68. The number of aliphatic carboxylic acids is 1. The van der Waals surface area contributed by atoms with Crippen LogP contribution in [-0.4, -0.2) is 49.1 Å². The fourth-order valence-electron chi connectivity index (χ4n) is 3.62. The SMILES string of the molecule is CCCCC[C@@H]1OC(C)(C)O[C@H]1/C=C/[C@H](CCCCCCCC(=O)O)OCOC. The molecule has 3 atom stereocenters. The maximum atomic E-state index is 10.5. The van der Waals surface area contributed by atoms with Crippen LogP contribution in [-0.2, 0) is 23.7 Å². The second-order valence-corrected chi connectivity index (χ2v) is 8.33. The van der Waals surface area contributed by atoms with E-state index in [1.807, 2.05) is 13.8 Å². The Morgan fingerprint density at radius 2 is 1.83 bits per heavy atom. The predicted molar refractivity (Wildman–Crippen MR) is 114 cm³/mol. The van der Waals surface area contributed by atoms with E-state index in [4.69, 9.17) is 24.1 Å². The van der Waals surface area contributed by atoms with Gasteiger partial charge in [-0.3, -0.25) is 4.79 Å². The minimum atomic E-state index is -0.711. The number of rotatable bonds is 17. The molecule has 1 aliphatic heterocycles. The number of hydrogen-bond acceptors (Lipinski definition) is 5. The average molecular weight is 415 g/mol. The minimum absolute atomic E-state index is 0.0161. The Bertz CT molecular complexity index is 462. The first-order valence-electron chi connectivity index (χ1n) is 11.2. The number of hydrogen-bond donors (Lipinski definition) is 1. The monoisotopic (exact) mass is 414 g/mol. The maximum absolute atomic E-state index is 10.5. The molecule has 1 rings (SSSR count). The van der Waals surface area contributed by atoms with E-state index in [1.165, 1.54) is 12.8 Å². The Morgan fingerprint density at radius 3 is 2.52 bits per heavy atom. The number of ether oxygens (including phenoxy) is 4. The minimum Gasteiger partial charge on any atom is -0.481 e. The Morgan fingerprint density at radius 1 is 1.10 bits per heavy atom. The van der Waals surface area contributed by atoms with Crippen molar-refractivity contribution >= 4 is 5.97 Å². The Balaban J connectivity index is 2.45. The molecule has 0 bridgehead atoms. The van der Waals surface area contributed by atoms with Crippen molar-refractivity contribution in [3.8, 4) is 0 Å². The molecule has 0 aliphatic carbocycles. The molecule has 0 amide bonds. The first-order chi connectivity index (χ1) is 13.9. The first-order valence-corrected chi connectivity index (χ1v) is 11.2. The molecule has 0 aromatic carbocycles. The van der Waals surface area contributed by atoms with E-state index in [-0.39, 0.29) is 31.5 Å². The van der Waals surface area contributed by atoms with E-state index in [0.717, 1.165) is 51.4 Å². The molecule has 6 nitrogen and oxygen atoms in total. The molecule has 0 aromatic heterocycles. The highest BCUT2D eigenvalue weighted by Crippen LogP contribution is 2.32. The van der Waals surface area contributed by atoms with Crippen molar-refractivity contribution in [2.24, 2.45) is 0 Å². The van der Waals surface area contributed by atoms with Gasteiger partial charge in [-0.25, -0.2) is 0 Å². The van der Waals surface area contributed by atoms with Gasteiger partial charge in [-0.2, -0.15) is 0 Å². The van der Waals surface area contributed by atoms with Crippen molar-refractivity contribution in [3.63, 3.8) is 0 Å². The fraction of sp³-hybridized carbons (Fsp3) is 0.870. The highest BCUT2D eigenvalue weighted by Gasteiger charge is 2.39. The summed E-state index contributed by atoms with van der Waals surface area (Å²) >= 11 is 0. The molecule has 170 valence electrons. The number of carbonyl (C=O) groups is 1. The van der Waals surface area contributed by atoms with Crippen LogP contribution in [0, 0.1) is 0 Å². The van der Waals surface area contributed by atoms with Crippen molar-refractivity contribution in [2.45, 2.75) is 115 Å². The van der Waals surface area contributed by atoms with Gasteiger partial charge in [0.1, 0.15) is 12.9 Å². The van der Waals surface area contributed by atoms with E-state index in [1.54, 1.807) is 7.11 Å². The third-order valence-electron chi connectivity index (χ3n) is 5.11. The second-order valence-electron chi connectivity index (χ2n) is 8.33. The highest BCUT2D eigenvalue weighted by molar-refractivity contribution is 5.66. The number of carboxylic acids is 1. The molecule has 0 unspecified atom stereocenters. The zero-order valence-electron chi connectivity index (χ0n) is 18.9. The molecule has 1 fully saturated rings. The Hall–Kier alpha value is -0.950. The van der Waals surface area contributed by atoms with Gasteiger partial charge < -0.3 is 24.1 Å². The smallest absolute Gasteiger partial charge is 0.303 e. The lowest BCUT2D eigenvalue weighted by molar-refractivity contribution is -0.143. The zero-order valence-corrected chi connectivity index (χ0v) is 18.9. The molecular weight excluding hydrogens is 372 g/mol. The third kappa shape index (κ3) is 12.4. The molecule has 1 N–H and O–H groups in total. The summed E-state index contributed by atoms with van der Waals surface area (Å²) in [6, 6.07) is 0. The van der Waals surface area contributed by atoms with E-state index >= 15 is 0 Å². The van der Waals surface area contributed by atoms with Crippen molar-refractivity contribution in [1.29, 1.82) is 0 Å². The summed E-state index contributed by atoms with van der Waals surface area (Å²) in [6.45, 7) is 6.41. The lowest BCUT2D eigenvalue weighted by Crippen LogP contribution is -2.21. The average Bonchev–Trinajstić information content (AvgIpc) is 2.96. The van der Waals surface area contributed by atoms with E-state index in [9.17, 15) is 4.79 Å². The molecular formula is C23H42O6. The standard InChI is InChI=1S/C23H42O6/c1-5-6-10-14-20-21(29-23(2,3)28-20)17-16-19(27-18-26-4)13-11-8-7-9-12-15-22(24)25/h16-17,19-21H,5-15,18H2,1-4H3,(H,24,25)/b17-16+/t19-,20-,21-/m0/s1. The number of unbranched alkanes of at least 4 members (excludes halogenated alkanes) is 6. The summed E-state index contributed by atoms with van der Waals surface area (Å²) in [6.07, 6.45) is 14.8. The van der Waals surface area contributed by atoms with Crippen molar-refractivity contribution in [1.82, 2.24) is 0 Å². The van der Waals surface area contributed by atoms with Gasteiger partial charge in [0.05, 0.1) is 12.2 Å². The van der Waals surface area contributed by atoms with Gasteiger partial charge in [-0.05, 0) is 33.1 Å². The van der Waals surface area contributed by atoms with Gasteiger partial charge in [0.15, 0.2) is 5.79 Å². The summed E-state index contributed by atoms with van der Waals surface area (Å²) < 4.78 is 23.1. The van der Waals surface area contributed by atoms with Crippen LogP contribution >= 0.6 is 0 Å². The fourth-order valence-corrected chi connectivity index (χ4v) is 3.62. The van der Waals surface area contributed by atoms with Crippen LogP contribution in [0.4, 0.5) is 0 Å². The van der Waals surface area contributed by atoms with Gasteiger partial charge in [0.2, 0.25) is 0 Å². The molecule has 0 saturated carbocycles. The molecule has 0 spiro atoms. The quantitative estimate of drug-likeness (QED) is 0.194. The van der Waals surface area contributed by atoms with E-state index in [0.29, 0.717) is 0 Å². The molecule has 0 radical (unpaired) electrons. The van der Waals surface area contributed by atoms with Gasteiger partial charge in [-0.1, -0.05) is 64.0 Å². The van der Waals surface area contributed by atoms with Crippen LogP contribution in [0.5, 0.6) is 0 Å². The van der Waals surface area contributed by atoms with Gasteiger partial charge >= 0.3 is 5.97 Å². The molecule has 1 aliphatic rings. The van der Waals surface area contributed by atoms with E-state index in [2.05, 4.69) is 19.1 Å². The molecule has 0 aromatic rings. The van der Waals surface area contributed by atoms with Crippen LogP contribution in [0.2, 0.25) is 0 Å². The lowest BCUT2D eigenvalue weighted by Gasteiger charge is -2.16. The summed E-state index contributed by atoms with van der Waals surface area (Å²) in [7, 11) is 1.63. The van der Waals surface area contributed by atoms with Crippen LogP contribution < -0.4 is 0 Å². The van der Waals surface area contributed by atoms with Gasteiger partial charge in [0.25, 0.3) is 0 Å². The normalized spacial score (nSPS) is 22.3. The van der Waals surface area contributed by atoms with Crippen LogP contribution in [0.3, 0.4) is 0 Å². The van der Waals surface area contributed by atoms with Gasteiger partial charge in [-0.15, -0.1) is 0 Å². The van der Waals surface area contributed by atoms with Crippen LogP contribution in [0.1, 0.15) is 91.4 Å². The Labute approximate surface area is 176 Å². The summed E-state index contributed by atoms with van der Waals surface area (Å²) in [5.41, 5.74) is 0. The van der Waals surface area contributed by atoms with E-state index < -0.39 is 11.8 Å². The predicted octanol–water partition coefficient (Wildman–Crippen LogP) is 5.45. The Kier molecular flexibility index (Phi) is 13.4. The lowest BCUT2D eigenvalue weighted by atomic mass is 10.0. The zero-order chi connectivity index (χ0) is 21.5. The molecule has 1 heterocycles. The highest BCUT2D eigenvalue weighted by atomic mass is 16.7. The third-order valence-corrected chi connectivity index (χ3v) is 5.11. The van der Waals surface area contributed by atoms with Gasteiger partial charge in [0, 0.05) is 13.5 Å². The molecule has 1 saturated heterocycles. The number of methoxy groups -OCH3 is 1. The van der Waals surface area contributed by atoms with Crippen LogP contribution in [0.15, 0.2) is 12.2 Å². The summed E-state index contributed by atoms with van der Waals surface area (Å²) in [4.78, 5) is 10.5.